The quantitative estimate of drug-likeness (QED) is 0.715. The molecule has 2 heterocycles. The molecule has 116 valence electrons. The van der Waals surface area contributed by atoms with Crippen LogP contribution in [-0.2, 0) is 0 Å². The lowest BCUT2D eigenvalue weighted by molar-refractivity contribution is 0.627. The van der Waals surface area contributed by atoms with E-state index in [2.05, 4.69) is 22.2 Å². The van der Waals surface area contributed by atoms with Gasteiger partial charge in [-0.1, -0.05) is 17.7 Å². The number of aromatic nitrogens is 1. The molecule has 0 fully saturated rings. The average Bonchev–Trinajstić information content (AvgIpc) is 2.95. The summed E-state index contributed by atoms with van der Waals surface area (Å²) in [5.41, 5.74) is 4.56. The Bertz CT molecular complexity index is 894. The number of fused-ring (bicyclic) bond motifs is 1. The van der Waals surface area contributed by atoms with Gasteiger partial charge in [-0.05, 0) is 61.0 Å². The highest BCUT2D eigenvalue weighted by Crippen LogP contribution is 2.33. The Morgan fingerprint density at radius 2 is 1.91 bits per heavy atom. The fourth-order valence-corrected chi connectivity index (χ4v) is 3.31. The second-order valence-electron chi connectivity index (χ2n) is 5.73. The Morgan fingerprint density at radius 3 is 2.65 bits per heavy atom. The summed E-state index contributed by atoms with van der Waals surface area (Å²) in [5, 5.41) is 5.20. The number of hydrogen-bond acceptors (Lipinski definition) is 1. The number of benzene rings is 2. The van der Waals surface area contributed by atoms with Crippen molar-refractivity contribution in [2.45, 2.75) is 6.42 Å². The van der Waals surface area contributed by atoms with Crippen molar-refractivity contribution >= 4 is 28.1 Å². The Labute approximate surface area is 139 Å². The zero-order chi connectivity index (χ0) is 15.8. The molecule has 3 aromatic rings. The van der Waals surface area contributed by atoms with Crippen LogP contribution in [0.2, 0.25) is 5.02 Å². The summed E-state index contributed by atoms with van der Waals surface area (Å²) in [4.78, 5) is 0. The summed E-state index contributed by atoms with van der Waals surface area (Å²) in [6, 6.07) is 12.5. The Hall–Kier alpha value is -2.10. The third-order valence-corrected chi connectivity index (χ3v) is 4.52. The van der Waals surface area contributed by atoms with Crippen LogP contribution in [0.1, 0.15) is 12.0 Å². The first-order chi connectivity index (χ1) is 11.2. The lowest BCUT2D eigenvalue weighted by atomic mass is 10.00. The van der Waals surface area contributed by atoms with Crippen molar-refractivity contribution in [3.8, 4) is 5.69 Å². The molecule has 2 nitrogen and oxygen atoms in total. The van der Waals surface area contributed by atoms with Gasteiger partial charge in [0.25, 0.3) is 0 Å². The van der Waals surface area contributed by atoms with Crippen LogP contribution < -0.4 is 5.32 Å². The molecule has 1 aliphatic rings. The molecule has 0 amide bonds. The molecule has 0 atom stereocenters. The van der Waals surface area contributed by atoms with Crippen LogP contribution >= 0.6 is 11.6 Å². The van der Waals surface area contributed by atoms with E-state index in [0.29, 0.717) is 0 Å². The minimum atomic E-state index is -0.227. The maximum absolute atomic E-state index is 13.2. The lowest BCUT2D eigenvalue weighted by Crippen LogP contribution is -2.19. The first kappa shape index (κ1) is 14.5. The summed E-state index contributed by atoms with van der Waals surface area (Å²) in [7, 11) is 0. The molecule has 4 heteroatoms. The van der Waals surface area contributed by atoms with Gasteiger partial charge in [0.1, 0.15) is 5.82 Å². The van der Waals surface area contributed by atoms with E-state index in [1.54, 1.807) is 12.1 Å². The number of halogens is 2. The highest BCUT2D eigenvalue weighted by atomic mass is 35.5. The molecule has 0 spiro atoms. The van der Waals surface area contributed by atoms with Gasteiger partial charge in [0.05, 0.1) is 5.52 Å². The standard InChI is InChI=1S/C19H16ClFN2/c20-14-1-6-19-17(11-14)18(13-7-9-22-10-8-13)12-23(19)16-4-2-15(21)3-5-16/h1-7,11-12,22H,8-10H2. The predicted octanol–water partition coefficient (Wildman–Crippen LogP) is 4.80. The number of hydrogen-bond donors (Lipinski definition) is 1. The van der Waals surface area contributed by atoms with Crippen LogP contribution in [0.4, 0.5) is 4.39 Å². The van der Waals surface area contributed by atoms with E-state index in [4.69, 9.17) is 11.6 Å². The van der Waals surface area contributed by atoms with Crippen LogP contribution in [0.5, 0.6) is 0 Å². The fourth-order valence-electron chi connectivity index (χ4n) is 3.14. The van der Waals surface area contributed by atoms with Crippen molar-refractivity contribution in [2.24, 2.45) is 0 Å². The molecule has 0 saturated carbocycles. The van der Waals surface area contributed by atoms with Crippen molar-refractivity contribution in [3.63, 3.8) is 0 Å². The minimum absolute atomic E-state index is 0.227. The summed E-state index contributed by atoms with van der Waals surface area (Å²) in [6.07, 6.45) is 5.36. The van der Waals surface area contributed by atoms with Crippen LogP contribution in [0.15, 0.2) is 54.7 Å². The van der Waals surface area contributed by atoms with Crippen LogP contribution in [0.3, 0.4) is 0 Å². The van der Waals surface area contributed by atoms with E-state index < -0.39 is 0 Å². The molecule has 0 aliphatic carbocycles. The molecule has 0 radical (unpaired) electrons. The van der Waals surface area contributed by atoms with Crippen LogP contribution in [-0.4, -0.2) is 17.7 Å². The maximum atomic E-state index is 13.2. The van der Waals surface area contributed by atoms with E-state index in [1.807, 2.05) is 18.2 Å². The molecule has 0 saturated heterocycles. The second kappa shape index (κ2) is 5.84. The van der Waals surface area contributed by atoms with E-state index in [9.17, 15) is 4.39 Å². The topological polar surface area (TPSA) is 17.0 Å². The molecule has 1 aliphatic heterocycles. The largest absolute Gasteiger partial charge is 0.316 e. The van der Waals surface area contributed by atoms with Gasteiger partial charge in [-0.2, -0.15) is 0 Å². The maximum Gasteiger partial charge on any atom is 0.123 e. The van der Waals surface area contributed by atoms with Crippen molar-refractivity contribution < 1.29 is 4.39 Å². The first-order valence-electron chi connectivity index (χ1n) is 7.69. The van der Waals surface area contributed by atoms with Crippen molar-refractivity contribution in [1.82, 2.24) is 9.88 Å². The summed E-state index contributed by atoms with van der Waals surface area (Å²) < 4.78 is 15.3. The highest BCUT2D eigenvalue weighted by Gasteiger charge is 2.15. The molecular formula is C19H16ClFN2. The molecule has 1 N–H and O–H groups in total. The van der Waals surface area contributed by atoms with E-state index in [-0.39, 0.29) is 5.82 Å². The predicted molar refractivity (Wildman–Crippen MR) is 93.7 cm³/mol. The second-order valence-corrected chi connectivity index (χ2v) is 6.17. The number of rotatable bonds is 2. The van der Waals surface area contributed by atoms with Gasteiger partial charge in [0.2, 0.25) is 0 Å². The minimum Gasteiger partial charge on any atom is -0.316 e. The normalized spacial score (nSPS) is 15.0. The van der Waals surface area contributed by atoms with Crippen molar-refractivity contribution in [3.05, 3.63) is 71.1 Å². The van der Waals surface area contributed by atoms with Crippen LogP contribution in [0, 0.1) is 5.82 Å². The molecule has 0 unspecified atom stereocenters. The van der Waals surface area contributed by atoms with Gasteiger partial charge in [0.15, 0.2) is 0 Å². The van der Waals surface area contributed by atoms with Gasteiger partial charge < -0.3 is 9.88 Å². The smallest absolute Gasteiger partial charge is 0.123 e. The van der Waals surface area contributed by atoms with Gasteiger partial charge in [-0.3, -0.25) is 0 Å². The highest BCUT2D eigenvalue weighted by molar-refractivity contribution is 6.31. The Morgan fingerprint density at radius 1 is 1.09 bits per heavy atom. The lowest BCUT2D eigenvalue weighted by Gasteiger charge is -2.13. The van der Waals surface area contributed by atoms with Gasteiger partial charge in [0, 0.05) is 34.4 Å². The number of nitrogens with one attached hydrogen (secondary N) is 1. The first-order valence-corrected chi connectivity index (χ1v) is 8.07. The fraction of sp³-hybridized carbons (Fsp3) is 0.158. The Balaban J connectivity index is 1.95. The third kappa shape index (κ3) is 2.67. The molecular weight excluding hydrogens is 311 g/mol. The molecule has 2 aromatic carbocycles. The van der Waals surface area contributed by atoms with E-state index in [0.717, 1.165) is 41.1 Å². The van der Waals surface area contributed by atoms with Crippen LogP contribution in [0.25, 0.3) is 22.2 Å². The van der Waals surface area contributed by atoms with Crippen molar-refractivity contribution in [2.75, 3.05) is 13.1 Å². The summed E-state index contributed by atoms with van der Waals surface area (Å²) in [6.45, 7) is 1.87. The zero-order valence-electron chi connectivity index (χ0n) is 12.5. The van der Waals surface area contributed by atoms with E-state index >= 15 is 0 Å². The van der Waals surface area contributed by atoms with Gasteiger partial charge in [-0.25, -0.2) is 4.39 Å². The van der Waals surface area contributed by atoms with Crippen molar-refractivity contribution in [1.29, 1.82) is 0 Å². The van der Waals surface area contributed by atoms with Gasteiger partial charge >= 0.3 is 0 Å². The van der Waals surface area contributed by atoms with E-state index in [1.165, 1.54) is 23.3 Å². The third-order valence-electron chi connectivity index (χ3n) is 4.28. The SMILES string of the molecule is Fc1ccc(-n2cc(C3=CCNCC3)c3cc(Cl)ccc32)cc1. The van der Waals surface area contributed by atoms with Gasteiger partial charge in [-0.15, -0.1) is 0 Å². The monoisotopic (exact) mass is 326 g/mol. The molecule has 1 aromatic heterocycles. The summed E-state index contributed by atoms with van der Waals surface area (Å²) >= 11 is 6.21. The molecule has 4 rings (SSSR count). The zero-order valence-corrected chi connectivity index (χ0v) is 13.3. The molecule has 23 heavy (non-hydrogen) atoms. The molecule has 0 bridgehead atoms. The number of nitrogens with zero attached hydrogens (tertiary/aromatic N) is 1. The Kier molecular flexibility index (Phi) is 3.68. The summed E-state index contributed by atoms with van der Waals surface area (Å²) in [5.74, 6) is -0.227. The average molecular weight is 327 g/mol.